The van der Waals surface area contributed by atoms with Crippen LogP contribution in [0, 0.1) is 0 Å². The molecule has 7 nitrogen and oxygen atoms in total. The van der Waals surface area contributed by atoms with Gasteiger partial charge in [-0.2, -0.15) is 0 Å². The van der Waals surface area contributed by atoms with E-state index in [0.717, 1.165) is 10.6 Å². The summed E-state index contributed by atoms with van der Waals surface area (Å²) in [5.41, 5.74) is -0.473. The molecule has 0 radical (unpaired) electrons. The van der Waals surface area contributed by atoms with Crippen molar-refractivity contribution in [2.45, 2.75) is 44.2 Å². The Bertz CT molecular complexity index is 610. The van der Waals surface area contributed by atoms with E-state index in [1.54, 1.807) is 40.0 Å². The summed E-state index contributed by atoms with van der Waals surface area (Å²) < 4.78 is 10.1. The van der Waals surface area contributed by atoms with Gasteiger partial charge in [0, 0.05) is 10.4 Å². The van der Waals surface area contributed by atoms with Crippen molar-refractivity contribution in [3.8, 4) is 5.75 Å². The third-order valence-corrected chi connectivity index (χ3v) is 3.80. The first-order valence-electron chi connectivity index (χ1n) is 7.70. The molecule has 0 bridgehead atoms. The molecule has 0 saturated carbocycles. The first kappa shape index (κ1) is 20.8. The number of methoxy groups -OCH3 is 1. The molecule has 8 heteroatoms. The van der Waals surface area contributed by atoms with Crippen LogP contribution in [0.2, 0.25) is 0 Å². The van der Waals surface area contributed by atoms with Crippen LogP contribution >= 0.6 is 11.8 Å². The maximum Gasteiger partial charge on any atom is 0.321 e. The van der Waals surface area contributed by atoms with Crippen molar-refractivity contribution >= 4 is 29.7 Å². The third kappa shape index (κ3) is 8.44. The van der Waals surface area contributed by atoms with Crippen molar-refractivity contribution in [2.75, 3.05) is 12.9 Å². The number of ether oxygens (including phenoxy) is 2. The van der Waals surface area contributed by atoms with E-state index in [4.69, 9.17) is 9.47 Å². The molecule has 1 atom stereocenters. The second-order valence-corrected chi connectivity index (χ2v) is 7.34. The van der Waals surface area contributed by atoms with E-state index in [-0.39, 0.29) is 5.75 Å². The Balaban J connectivity index is 2.39. The second-order valence-electron chi connectivity index (χ2n) is 6.29. The predicted molar refractivity (Wildman–Crippen MR) is 95.7 cm³/mol. The Kier molecular flexibility index (Phi) is 7.76. The molecular formula is C17H24N2O5S. The smallest absolute Gasteiger partial charge is 0.321 e. The Morgan fingerprint density at radius 2 is 1.76 bits per heavy atom. The molecule has 0 spiro atoms. The SMILES string of the molecule is COc1ccc(SCC(=O)O[C@@H](C)C(=O)NC(=O)NC(C)(C)C)cc1. The van der Waals surface area contributed by atoms with Crippen molar-refractivity contribution in [2.24, 2.45) is 0 Å². The van der Waals surface area contributed by atoms with E-state index in [1.165, 1.54) is 18.7 Å². The van der Waals surface area contributed by atoms with Crippen molar-refractivity contribution in [1.82, 2.24) is 10.6 Å². The van der Waals surface area contributed by atoms with Crippen LogP contribution in [0.4, 0.5) is 4.79 Å². The van der Waals surface area contributed by atoms with Gasteiger partial charge < -0.3 is 14.8 Å². The number of urea groups is 1. The van der Waals surface area contributed by atoms with Crippen LogP contribution in [0.15, 0.2) is 29.2 Å². The van der Waals surface area contributed by atoms with Gasteiger partial charge in [-0.1, -0.05) is 0 Å². The topological polar surface area (TPSA) is 93.7 Å². The zero-order valence-electron chi connectivity index (χ0n) is 15.0. The number of esters is 1. The molecular weight excluding hydrogens is 344 g/mol. The van der Waals surface area contributed by atoms with Gasteiger partial charge in [0.15, 0.2) is 6.10 Å². The van der Waals surface area contributed by atoms with Crippen LogP contribution in [-0.4, -0.2) is 42.4 Å². The number of carbonyl (C=O) groups is 3. The van der Waals surface area contributed by atoms with Gasteiger partial charge >= 0.3 is 12.0 Å². The van der Waals surface area contributed by atoms with Crippen molar-refractivity contribution < 1.29 is 23.9 Å². The standard InChI is InChI=1S/C17H24N2O5S/c1-11(15(21)18-16(22)19-17(2,3)4)24-14(20)10-25-13-8-6-12(23-5)7-9-13/h6-9,11H,10H2,1-5H3,(H2,18,19,21,22)/t11-/m0/s1. The monoisotopic (exact) mass is 368 g/mol. The van der Waals surface area contributed by atoms with E-state index in [9.17, 15) is 14.4 Å². The number of rotatable bonds is 6. The van der Waals surface area contributed by atoms with Crippen molar-refractivity contribution in [1.29, 1.82) is 0 Å². The first-order valence-corrected chi connectivity index (χ1v) is 8.68. The molecule has 0 aromatic heterocycles. The summed E-state index contributed by atoms with van der Waals surface area (Å²) in [5, 5.41) is 4.73. The summed E-state index contributed by atoms with van der Waals surface area (Å²) in [5.74, 6) is -0.437. The van der Waals surface area contributed by atoms with Gasteiger partial charge in [-0.25, -0.2) is 4.79 Å². The quantitative estimate of drug-likeness (QED) is 0.591. The molecule has 25 heavy (non-hydrogen) atoms. The molecule has 0 heterocycles. The van der Waals surface area contributed by atoms with Crippen molar-refractivity contribution in [3.63, 3.8) is 0 Å². The summed E-state index contributed by atoms with van der Waals surface area (Å²) >= 11 is 1.28. The minimum atomic E-state index is -1.06. The summed E-state index contributed by atoms with van der Waals surface area (Å²) in [6.07, 6.45) is -1.06. The lowest BCUT2D eigenvalue weighted by Crippen LogP contribution is -2.50. The van der Waals surface area contributed by atoms with E-state index in [2.05, 4.69) is 10.6 Å². The lowest BCUT2D eigenvalue weighted by atomic mass is 10.1. The molecule has 1 rings (SSSR count). The average molecular weight is 368 g/mol. The number of amides is 3. The van der Waals surface area contributed by atoms with E-state index >= 15 is 0 Å². The predicted octanol–water partition coefficient (Wildman–Crippen LogP) is 2.34. The molecule has 2 N–H and O–H groups in total. The Morgan fingerprint density at radius 3 is 2.28 bits per heavy atom. The Hall–Kier alpha value is -2.22. The molecule has 0 unspecified atom stereocenters. The first-order chi connectivity index (χ1) is 11.6. The van der Waals surface area contributed by atoms with Gasteiger partial charge in [0.05, 0.1) is 12.9 Å². The van der Waals surface area contributed by atoms with Gasteiger partial charge in [-0.3, -0.25) is 14.9 Å². The average Bonchev–Trinajstić information content (AvgIpc) is 2.51. The van der Waals surface area contributed by atoms with Gasteiger partial charge in [0.2, 0.25) is 0 Å². The van der Waals surface area contributed by atoms with Crippen LogP contribution < -0.4 is 15.4 Å². The van der Waals surface area contributed by atoms with Gasteiger partial charge in [0.1, 0.15) is 5.75 Å². The number of benzene rings is 1. The molecule has 1 aromatic carbocycles. The number of thioether (sulfide) groups is 1. The molecule has 0 aliphatic carbocycles. The summed E-state index contributed by atoms with van der Waals surface area (Å²) in [6.45, 7) is 6.78. The molecule has 0 saturated heterocycles. The highest BCUT2D eigenvalue weighted by atomic mass is 32.2. The van der Waals surface area contributed by atoms with Crippen molar-refractivity contribution in [3.05, 3.63) is 24.3 Å². The minimum absolute atomic E-state index is 0.0537. The van der Waals surface area contributed by atoms with Crippen LogP contribution in [-0.2, 0) is 14.3 Å². The largest absolute Gasteiger partial charge is 0.497 e. The summed E-state index contributed by atoms with van der Waals surface area (Å²) in [6, 6.07) is 6.59. The zero-order chi connectivity index (χ0) is 19.0. The summed E-state index contributed by atoms with van der Waals surface area (Å²) in [7, 11) is 1.58. The Labute approximate surface area is 151 Å². The normalized spacial score (nSPS) is 12.0. The van der Waals surface area contributed by atoms with E-state index < -0.39 is 29.6 Å². The lowest BCUT2D eigenvalue weighted by molar-refractivity contribution is -0.151. The maximum absolute atomic E-state index is 11.8. The van der Waals surface area contributed by atoms with Gasteiger partial charge in [-0.15, -0.1) is 11.8 Å². The Morgan fingerprint density at radius 1 is 1.16 bits per heavy atom. The van der Waals surface area contributed by atoms with Crippen LogP contribution in [0.3, 0.4) is 0 Å². The highest BCUT2D eigenvalue weighted by molar-refractivity contribution is 8.00. The molecule has 0 aliphatic heterocycles. The number of hydrogen-bond donors (Lipinski definition) is 2. The molecule has 1 aromatic rings. The maximum atomic E-state index is 11.8. The van der Waals surface area contributed by atoms with Crippen LogP contribution in [0.25, 0.3) is 0 Å². The molecule has 3 amide bonds. The number of carbonyl (C=O) groups excluding carboxylic acids is 3. The number of imide groups is 1. The second kappa shape index (κ2) is 9.31. The fourth-order valence-corrected chi connectivity index (χ4v) is 2.37. The molecule has 0 aliphatic rings. The number of hydrogen-bond acceptors (Lipinski definition) is 6. The minimum Gasteiger partial charge on any atom is -0.497 e. The van der Waals surface area contributed by atoms with E-state index in [1.807, 2.05) is 12.1 Å². The zero-order valence-corrected chi connectivity index (χ0v) is 15.9. The van der Waals surface area contributed by atoms with Gasteiger partial charge in [0.25, 0.3) is 5.91 Å². The highest BCUT2D eigenvalue weighted by Crippen LogP contribution is 2.21. The molecule has 0 fully saturated rings. The highest BCUT2D eigenvalue weighted by Gasteiger charge is 2.22. The summed E-state index contributed by atoms with van der Waals surface area (Å²) in [4.78, 5) is 36.2. The fraction of sp³-hybridized carbons (Fsp3) is 0.471. The van der Waals surface area contributed by atoms with Crippen LogP contribution in [0.5, 0.6) is 5.75 Å². The fourth-order valence-electron chi connectivity index (χ4n) is 1.68. The van der Waals surface area contributed by atoms with E-state index in [0.29, 0.717) is 0 Å². The third-order valence-electron chi connectivity index (χ3n) is 2.82. The van der Waals surface area contributed by atoms with Gasteiger partial charge in [-0.05, 0) is 52.0 Å². The molecule has 138 valence electrons. The number of nitrogens with one attached hydrogen (secondary N) is 2. The van der Waals surface area contributed by atoms with Crippen LogP contribution in [0.1, 0.15) is 27.7 Å². The lowest BCUT2D eigenvalue weighted by Gasteiger charge is -2.21.